The number of nitrogens with zero attached hydrogens (tertiary/aromatic N) is 2. The normalized spacial score (nSPS) is 9.73. The molecule has 2 N–H and O–H groups in total. The molecule has 1 aromatic heterocycles. The van der Waals surface area contributed by atoms with Crippen LogP contribution in [0.2, 0.25) is 0 Å². The SMILES string of the molecule is CCNc1cnn(CC(=O)NC)c(=O)c1. The molecule has 82 valence electrons. The van der Waals surface area contributed by atoms with Crippen molar-refractivity contribution in [1.82, 2.24) is 15.1 Å². The zero-order valence-corrected chi connectivity index (χ0v) is 8.78. The molecule has 0 spiro atoms. The number of likely N-dealkylation sites (N-methyl/N-ethyl adjacent to an activating group) is 1. The molecule has 1 heterocycles. The van der Waals surface area contributed by atoms with Crippen LogP contribution < -0.4 is 16.2 Å². The van der Waals surface area contributed by atoms with Gasteiger partial charge in [0.25, 0.3) is 5.56 Å². The summed E-state index contributed by atoms with van der Waals surface area (Å²) in [5.74, 6) is -0.249. The lowest BCUT2D eigenvalue weighted by atomic mass is 10.4. The highest BCUT2D eigenvalue weighted by Crippen LogP contribution is 1.97. The van der Waals surface area contributed by atoms with E-state index in [2.05, 4.69) is 15.7 Å². The molecule has 1 aromatic rings. The van der Waals surface area contributed by atoms with Crippen molar-refractivity contribution in [3.8, 4) is 0 Å². The van der Waals surface area contributed by atoms with Crippen molar-refractivity contribution >= 4 is 11.6 Å². The molecule has 0 aliphatic heterocycles. The first-order valence-corrected chi connectivity index (χ1v) is 4.69. The molecule has 6 nitrogen and oxygen atoms in total. The summed E-state index contributed by atoms with van der Waals surface area (Å²) in [6, 6.07) is 1.42. The summed E-state index contributed by atoms with van der Waals surface area (Å²) >= 11 is 0. The van der Waals surface area contributed by atoms with E-state index in [1.165, 1.54) is 19.3 Å². The summed E-state index contributed by atoms with van der Waals surface area (Å²) in [4.78, 5) is 22.5. The highest BCUT2D eigenvalue weighted by atomic mass is 16.2. The van der Waals surface area contributed by atoms with Crippen LogP contribution >= 0.6 is 0 Å². The Hall–Kier alpha value is -1.85. The zero-order chi connectivity index (χ0) is 11.3. The molecule has 0 atom stereocenters. The van der Waals surface area contributed by atoms with Crippen molar-refractivity contribution in [3.63, 3.8) is 0 Å². The number of amides is 1. The van der Waals surface area contributed by atoms with E-state index >= 15 is 0 Å². The van der Waals surface area contributed by atoms with Gasteiger partial charge in [0.05, 0.1) is 11.9 Å². The Balaban J connectivity index is 2.84. The van der Waals surface area contributed by atoms with Gasteiger partial charge in [-0.1, -0.05) is 0 Å². The lowest BCUT2D eigenvalue weighted by Crippen LogP contribution is -2.31. The van der Waals surface area contributed by atoms with Crippen LogP contribution in [0.25, 0.3) is 0 Å². The summed E-state index contributed by atoms with van der Waals surface area (Å²) < 4.78 is 1.11. The second-order valence-electron chi connectivity index (χ2n) is 2.94. The van der Waals surface area contributed by atoms with E-state index in [0.29, 0.717) is 5.69 Å². The minimum atomic E-state index is -0.294. The van der Waals surface area contributed by atoms with Gasteiger partial charge in [-0.2, -0.15) is 5.10 Å². The van der Waals surface area contributed by atoms with Gasteiger partial charge in [0.2, 0.25) is 5.91 Å². The number of aromatic nitrogens is 2. The first kappa shape index (κ1) is 11.2. The Morgan fingerprint density at radius 2 is 2.33 bits per heavy atom. The monoisotopic (exact) mass is 210 g/mol. The highest BCUT2D eigenvalue weighted by molar-refractivity contribution is 5.75. The number of hydrogen-bond acceptors (Lipinski definition) is 4. The van der Waals surface area contributed by atoms with Crippen LogP contribution in [-0.2, 0) is 11.3 Å². The lowest BCUT2D eigenvalue weighted by Gasteiger charge is -2.05. The summed E-state index contributed by atoms with van der Waals surface area (Å²) in [7, 11) is 1.51. The van der Waals surface area contributed by atoms with Gasteiger partial charge in [-0.25, -0.2) is 4.68 Å². The van der Waals surface area contributed by atoms with Crippen molar-refractivity contribution in [2.75, 3.05) is 18.9 Å². The number of carbonyl (C=O) groups excluding carboxylic acids is 1. The maximum atomic E-state index is 11.4. The largest absolute Gasteiger partial charge is 0.384 e. The lowest BCUT2D eigenvalue weighted by molar-refractivity contribution is -0.121. The zero-order valence-electron chi connectivity index (χ0n) is 8.78. The molecule has 0 aliphatic rings. The number of carbonyl (C=O) groups is 1. The second-order valence-corrected chi connectivity index (χ2v) is 2.94. The molecular weight excluding hydrogens is 196 g/mol. The third-order valence-electron chi connectivity index (χ3n) is 1.82. The molecule has 0 bridgehead atoms. The molecule has 0 saturated carbocycles. The summed E-state index contributed by atoms with van der Waals surface area (Å²) in [6.45, 7) is 2.60. The van der Waals surface area contributed by atoms with E-state index in [-0.39, 0.29) is 18.0 Å². The molecular formula is C9H14N4O2. The third-order valence-corrected chi connectivity index (χ3v) is 1.82. The fourth-order valence-corrected chi connectivity index (χ4v) is 1.07. The van der Waals surface area contributed by atoms with Crippen LogP contribution in [-0.4, -0.2) is 29.3 Å². The van der Waals surface area contributed by atoms with Crippen molar-refractivity contribution in [3.05, 3.63) is 22.6 Å². The smallest absolute Gasteiger partial charge is 0.269 e. The fraction of sp³-hybridized carbons (Fsp3) is 0.444. The van der Waals surface area contributed by atoms with E-state index in [1.54, 1.807) is 0 Å². The topological polar surface area (TPSA) is 76.0 Å². The molecule has 0 unspecified atom stereocenters. The quantitative estimate of drug-likeness (QED) is 0.697. The molecule has 0 aliphatic carbocycles. The van der Waals surface area contributed by atoms with Gasteiger partial charge in [-0.05, 0) is 6.92 Å². The van der Waals surface area contributed by atoms with Crippen LogP contribution in [0, 0.1) is 0 Å². The summed E-state index contributed by atoms with van der Waals surface area (Å²) in [5, 5.41) is 9.26. The summed E-state index contributed by atoms with van der Waals surface area (Å²) in [5.41, 5.74) is 0.368. The molecule has 0 aromatic carbocycles. The van der Waals surface area contributed by atoms with Gasteiger partial charge >= 0.3 is 0 Å². The number of rotatable bonds is 4. The molecule has 1 amide bonds. The van der Waals surface area contributed by atoms with Gasteiger partial charge < -0.3 is 10.6 Å². The van der Waals surface area contributed by atoms with Crippen LogP contribution in [0.3, 0.4) is 0 Å². The maximum absolute atomic E-state index is 11.4. The summed E-state index contributed by atoms with van der Waals surface area (Å²) in [6.07, 6.45) is 1.52. The van der Waals surface area contributed by atoms with Crippen LogP contribution in [0.1, 0.15) is 6.92 Å². The molecule has 15 heavy (non-hydrogen) atoms. The molecule has 0 fully saturated rings. The molecule has 1 rings (SSSR count). The number of hydrogen-bond donors (Lipinski definition) is 2. The predicted octanol–water partition coefficient (Wildman–Crippen LogP) is -0.579. The number of anilines is 1. The van der Waals surface area contributed by atoms with Gasteiger partial charge in [0.15, 0.2) is 0 Å². The Kier molecular flexibility index (Phi) is 3.84. The van der Waals surface area contributed by atoms with Crippen LogP contribution in [0.4, 0.5) is 5.69 Å². The van der Waals surface area contributed by atoms with E-state index in [4.69, 9.17) is 0 Å². The third kappa shape index (κ3) is 3.08. The first-order chi connectivity index (χ1) is 7.17. The Bertz CT molecular complexity index is 399. The highest BCUT2D eigenvalue weighted by Gasteiger charge is 2.03. The van der Waals surface area contributed by atoms with Gasteiger partial charge in [0, 0.05) is 19.7 Å². The van der Waals surface area contributed by atoms with Crippen molar-refractivity contribution in [1.29, 1.82) is 0 Å². The molecule has 6 heteroatoms. The predicted molar refractivity (Wildman–Crippen MR) is 56.7 cm³/mol. The first-order valence-electron chi connectivity index (χ1n) is 4.69. The van der Waals surface area contributed by atoms with E-state index in [0.717, 1.165) is 11.2 Å². The molecule has 0 radical (unpaired) electrons. The van der Waals surface area contributed by atoms with Crippen molar-refractivity contribution < 1.29 is 4.79 Å². The second kappa shape index (κ2) is 5.14. The Labute approximate surface area is 87.3 Å². The van der Waals surface area contributed by atoms with Gasteiger partial charge in [0.1, 0.15) is 6.54 Å². The van der Waals surface area contributed by atoms with Gasteiger partial charge in [-0.15, -0.1) is 0 Å². The van der Waals surface area contributed by atoms with Crippen LogP contribution in [0.5, 0.6) is 0 Å². The van der Waals surface area contributed by atoms with Crippen LogP contribution in [0.15, 0.2) is 17.1 Å². The van der Waals surface area contributed by atoms with Crippen molar-refractivity contribution in [2.24, 2.45) is 0 Å². The Morgan fingerprint density at radius 3 is 2.87 bits per heavy atom. The maximum Gasteiger partial charge on any atom is 0.269 e. The average molecular weight is 210 g/mol. The minimum absolute atomic E-state index is 0.0538. The Morgan fingerprint density at radius 1 is 1.60 bits per heavy atom. The van der Waals surface area contributed by atoms with E-state index < -0.39 is 0 Å². The van der Waals surface area contributed by atoms with E-state index in [9.17, 15) is 9.59 Å². The average Bonchev–Trinajstić information content (AvgIpc) is 2.22. The fourth-order valence-electron chi connectivity index (χ4n) is 1.07. The minimum Gasteiger partial charge on any atom is -0.384 e. The van der Waals surface area contributed by atoms with Gasteiger partial charge in [-0.3, -0.25) is 9.59 Å². The standard InChI is InChI=1S/C9H14N4O2/c1-3-11-7-4-9(15)13(12-5-7)6-8(14)10-2/h4-5,11H,3,6H2,1-2H3,(H,10,14). The number of nitrogens with one attached hydrogen (secondary N) is 2. The van der Waals surface area contributed by atoms with Crippen molar-refractivity contribution in [2.45, 2.75) is 13.5 Å². The molecule has 0 saturated heterocycles. The van der Waals surface area contributed by atoms with E-state index in [1.807, 2.05) is 6.92 Å².